The molecule has 0 aromatic heterocycles. The second kappa shape index (κ2) is 10.8. The van der Waals surface area contributed by atoms with Crippen molar-refractivity contribution in [3.05, 3.63) is 59.9 Å². The van der Waals surface area contributed by atoms with Gasteiger partial charge in [-0.3, -0.25) is 0 Å². The molecule has 0 N–H and O–H groups in total. The van der Waals surface area contributed by atoms with E-state index in [2.05, 4.69) is 29.2 Å². The highest BCUT2D eigenvalue weighted by Gasteiger charge is 2.16. The first-order valence-electron chi connectivity index (χ1n) is 9.92. The van der Waals surface area contributed by atoms with Gasteiger partial charge >= 0.3 is 5.97 Å². The van der Waals surface area contributed by atoms with Crippen LogP contribution in [0.5, 0.6) is 5.75 Å². The summed E-state index contributed by atoms with van der Waals surface area (Å²) in [5.41, 5.74) is 2.14. The van der Waals surface area contributed by atoms with Gasteiger partial charge in [-0.2, -0.15) is 0 Å². The van der Waals surface area contributed by atoms with Gasteiger partial charge in [-0.05, 0) is 49.8 Å². The molecule has 0 amide bonds. The molecule has 0 atom stereocenters. The Kier molecular flexibility index (Phi) is 7.87. The monoisotopic (exact) mass is 413 g/mol. The second-order valence-electron chi connectivity index (χ2n) is 6.38. The molecule has 0 aliphatic carbocycles. The average Bonchev–Trinajstić information content (AvgIpc) is 2.75. The van der Waals surface area contributed by atoms with E-state index in [-0.39, 0.29) is 5.76 Å². The average molecular weight is 414 g/mol. The lowest BCUT2D eigenvalue weighted by molar-refractivity contribution is -0.142. The Morgan fingerprint density at radius 3 is 2.59 bits per heavy atom. The molecule has 2 aromatic rings. The van der Waals surface area contributed by atoms with Crippen molar-refractivity contribution in [3.8, 4) is 5.75 Å². The van der Waals surface area contributed by atoms with Gasteiger partial charge in [-0.15, -0.1) is 11.8 Å². The summed E-state index contributed by atoms with van der Waals surface area (Å²) in [5, 5.41) is 0. The molecular weight excluding hydrogens is 386 g/mol. The zero-order valence-corrected chi connectivity index (χ0v) is 17.7. The van der Waals surface area contributed by atoms with Crippen molar-refractivity contribution in [1.29, 1.82) is 0 Å². The summed E-state index contributed by atoms with van der Waals surface area (Å²) in [5.74, 6) is 1.66. The molecule has 0 saturated heterocycles. The quantitative estimate of drug-likeness (QED) is 0.340. The zero-order valence-electron chi connectivity index (χ0n) is 16.9. The molecule has 2 aromatic carbocycles. The Morgan fingerprint density at radius 2 is 1.83 bits per heavy atom. The van der Waals surface area contributed by atoms with Crippen LogP contribution in [0.2, 0.25) is 0 Å². The van der Waals surface area contributed by atoms with Crippen molar-refractivity contribution >= 4 is 29.5 Å². The highest BCUT2D eigenvalue weighted by atomic mass is 32.2. The highest BCUT2D eigenvalue weighted by Crippen LogP contribution is 2.33. The van der Waals surface area contributed by atoms with E-state index in [1.165, 1.54) is 10.6 Å². The third kappa shape index (κ3) is 5.94. The van der Waals surface area contributed by atoms with Gasteiger partial charge in [0.15, 0.2) is 0 Å². The summed E-state index contributed by atoms with van der Waals surface area (Å²) in [6, 6.07) is 16.1. The Hall–Kier alpha value is -2.60. The van der Waals surface area contributed by atoms with E-state index in [0.29, 0.717) is 19.8 Å². The third-order valence-electron chi connectivity index (χ3n) is 4.41. The first-order valence-corrected chi connectivity index (χ1v) is 10.9. The van der Waals surface area contributed by atoms with Gasteiger partial charge in [-0.25, -0.2) is 4.79 Å². The number of nitrogens with zero attached hydrogens (tertiary/aromatic N) is 1. The standard InChI is InChI=1S/C23H27NO4S/c1-3-26-21(23(25)27-4-2)17-18-9-11-19(12-10-18)28-15-13-24-14-16-29-22-8-6-5-7-20(22)24/h5-12,17H,3-4,13-16H2,1-2H3. The van der Waals surface area contributed by atoms with E-state index in [1.54, 1.807) is 13.0 Å². The van der Waals surface area contributed by atoms with Crippen LogP contribution in [0, 0.1) is 0 Å². The summed E-state index contributed by atoms with van der Waals surface area (Å²) < 4.78 is 16.3. The van der Waals surface area contributed by atoms with E-state index in [1.807, 2.05) is 43.0 Å². The van der Waals surface area contributed by atoms with Crippen LogP contribution in [0.25, 0.3) is 6.08 Å². The molecule has 1 aliphatic rings. The number of rotatable bonds is 9. The maximum absolute atomic E-state index is 11.9. The minimum atomic E-state index is -0.449. The number of esters is 1. The lowest BCUT2D eigenvalue weighted by Crippen LogP contribution is -2.33. The Bertz CT molecular complexity index is 835. The fourth-order valence-corrected chi connectivity index (χ4v) is 4.11. The van der Waals surface area contributed by atoms with E-state index < -0.39 is 5.97 Å². The maximum Gasteiger partial charge on any atom is 0.373 e. The van der Waals surface area contributed by atoms with Crippen LogP contribution in [0.15, 0.2) is 59.2 Å². The van der Waals surface area contributed by atoms with Crippen molar-refractivity contribution < 1.29 is 19.0 Å². The number of fused-ring (bicyclic) bond motifs is 1. The van der Waals surface area contributed by atoms with Gasteiger partial charge in [0, 0.05) is 17.2 Å². The molecule has 154 valence electrons. The van der Waals surface area contributed by atoms with Gasteiger partial charge in [0.05, 0.1) is 25.4 Å². The smallest absolute Gasteiger partial charge is 0.373 e. The Balaban J connectivity index is 1.56. The number of ether oxygens (including phenoxy) is 3. The molecule has 0 saturated carbocycles. The summed E-state index contributed by atoms with van der Waals surface area (Å²) >= 11 is 1.91. The summed E-state index contributed by atoms with van der Waals surface area (Å²) in [6.45, 7) is 6.82. The predicted octanol–water partition coefficient (Wildman–Crippen LogP) is 4.62. The lowest BCUT2D eigenvalue weighted by atomic mass is 10.2. The molecule has 3 rings (SSSR count). The molecule has 0 spiro atoms. The van der Waals surface area contributed by atoms with Gasteiger partial charge in [-0.1, -0.05) is 24.3 Å². The second-order valence-corrected chi connectivity index (χ2v) is 7.52. The number of hydrogen-bond donors (Lipinski definition) is 0. The van der Waals surface area contributed by atoms with E-state index in [9.17, 15) is 4.79 Å². The number of hydrogen-bond acceptors (Lipinski definition) is 6. The summed E-state index contributed by atoms with van der Waals surface area (Å²) in [7, 11) is 0. The van der Waals surface area contributed by atoms with Crippen molar-refractivity contribution in [1.82, 2.24) is 0 Å². The number of para-hydroxylation sites is 1. The van der Waals surface area contributed by atoms with Crippen LogP contribution in [0.3, 0.4) is 0 Å². The largest absolute Gasteiger partial charge is 0.492 e. The first-order chi connectivity index (χ1) is 14.2. The van der Waals surface area contributed by atoms with E-state index >= 15 is 0 Å². The normalized spacial score (nSPS) is 13.6. The first kappa shape index (κ1) is 21.1. The predicted molar refractivity (Wildman–Crippen MR) is 118 cm³/mol. The van der Waals surface area contributed by atoms with Crippen LogP contribution in [0.4, 0.5) is 5.69 Å². The fraction of sp³-hybridized carbons (Fsp3) is 0.348. The van der Waals surface area contributed by atoms with Gasteiger partial charge < -0.3 is 19.1 Å². The molecule has 1 aliphatic heterocycles. The van der Waals surface area contributed by atoms with Crippen molar-refractivity contribution in [2.45, 2.75) is 18.7 Å². The molecule has 0 bridgehead atoms. The van der Waals surface area contributed by atoms with E-state index in [0.717, 1.165) is 30.2 Å². The number of anilines is 1. The zero-order chi connectivity index (χ0) is 20.5. The SMILES string of the molecule is CCOC(=O)C(=Cc1ccc(OCCN2CCSc3ccccc32)cc1)OCC. The molecule has 1 heterocycles. The summed E-state index contributed by atoms with van der Waals surface area (Å²) in [6.07, 6.45) is 1.69. The van der Waals surface area contributed by atoms with Crippen LogP contribution in [-0.2, 0) is 14.3 Å². The number of carbonyl (C=O) groups excluding carboxylic acids is 1. The van der Waals surface area contributed by atoms with E-state index in [4.69, 9.17) is 14.2 Å². The maximum atomic E-state index is 11.9. The topological polar surface area (TPSA) is 48.0 Å². The van der Waals surface area contributed by atoms with Crippen molar-refractivity contribution in [3.63, 3.8) is 0 Å². The molecule has 0 radical (unpaired) electrons. The minimum Gasteiger partial charge on any atom is -0.492 e. The van der Waals surface area contributed by atoms with Crippen LogP contribution < -0.4 is 9.64 Å². The lowest BCUT2D eigenvalue weighted by Gasteiger charge is -2.30. The summed E-state index contributed by atoms with van der Waals surface area (Å²) in [4.78, 5) is 15.6. The molecule has 0 unspecified atom stereocenters. The van der Waals surface area contributed by atoms with Crippen LogP contribution in [0.1, 0.15) is 19.4 Å². The van der Waals surface area contributed by atoms with Crippen LogP contribution in [-0.4, -0.2) is 44.6 Å². The molecule has 6 heteroatoms. The van der Waals surface area contributed by atoms with Gasteiger partial charge in [0.2, 0.25) is 5.76 Å². The molecule has 0 fully saturated rings. The van der Waals surface area contributed by atoms with Gasteiger partial charge in [0.1, 0.15) is 12.4 Å². The minimum absolute atomic E-state index is 0.213. The third-order valence-corrected chi connectivity index (χ3v) is 5.45. The highest BCUT2D eigenvalue weighted by molar-refractivity contribution is 7.99. The Morgan fingerprint density at radius 1 is 1.07 bits per heavy atom. The fourth-order valence-electron chi connectivity index (χ4n) is 3.06. The number of benzene rings is 2. The van der Waals surface area contributed by atoms with Crippen LogP contribution >= 0.6 is 11.8 Å². The van der Waals surface area contributed by atoms with Gasteiger partial charge in [0.25, 0.3) is 0 Å². The number of carbonyl (C=O) groups is 1. The van der Waals surface area contributed by atoms with Crippen molar-refractivity contribution in [2.24, 2.45) is 0 Å². The Labute approximate surface area is 176 Å². The molecule has 5 nitrogen and oxygen atoms in total. The molecule has 29 heavy (non-hydrogen) atoms. The van der Waals surface area contributed by atoms with Crippen molar-refractivity contribution in [2.75, 3.05) is 43.6 Å². The number of thioether (sulfide) groups is 1. The molecular formula is C23H27NO4S.